The molecule has 22 heavy (non-hydrogen) atoms. The van der Waals surface area contributed by atoms with Crippen LogP contribution in [0.25, 0.3) is 0 Å². The lowest BCUT2D eigenvalue weighted by atomic mass is 10.2. The highest BCUT2D eigenvalue weighted by Gasteiger charge is 2.04. The number of rotatable bonds is 7. The van der Waals surface area contributed by atoms with E-state index in [4.69, 9.17) is 19.5 Å². The highest BCUT2D eigenvalue weighted by Crippen LogP contribution is 2.11. The summed E-state index contributed by atoms with van der Waals surface area (Å²) in [6, 6.07) is 17.8. The Balaban J connectivity index is 1.62. The largest absolute Gasteiger partial charge is 0.490 e. The van der Waals surface area contributed by atoms with E-state index < -0.39 is 5.97 Å². The van der Waals surface area contributed by atoms with Crippen LogP contribution in [-0.4, -0.2) is 25.8 Å². The van der Waals surface area contributed by atoms with Crippen LogP contribution in [0.5, 0.6) is 11.5 Å². The third-order valence-corrected chi connectivity index (χ3v) is 2.70. The van der Waals surface area contributed by atoms with E-state index in [-0.39, 0.29) is 19.8 Å². The number of carbonyl (C=O) groups is 1. The first-order valence-electron chi connectivity index (χ1n) is 6.74. The number of hydrogen-bond acceptors (Lipinski definition) is 5. The van der Waals surface area contributed by atoms with Crippen molar-refractivity contribution in [2.24, 2.45) is 0 Å². The highest BCUT2D eigenvalue weighted by molar-refractivity contribution is 5.71. The van der Waals surface area contributed by atoms with Gasteiger partial charge in [-0.15, -0.1) is 0 Å². The molecule has 0 atom stereocenters. The molecule has 0 aliphatic carbocycles. The van der Waals surface area contributed by atoms with Gasteiger partial charge in [0.05, 0.1) is 11.6 Å². The predicted molar refractivity (Wildman–Crippen MR) is 79.5 cm³/mol. The van der Waals surface area contributed by atoms with Crippen LogP contribution in [0.1, 0.15) is 5.56 Å². The van der Waals surface area contributed by atoms with Crippen molar-refractivity contribution in [1.29, 1.82) is 5.26 Å². The first-order chi connectivity index (χ1) is 10.8. The molecule has 0 heterocycles. The molecule has 0 spiro atoms. The maximum absolute atomic E-state index is 11.5. The summed E-state index contributed by atoms with van der Waals surface area (Å²) in [6.45, 7) is 0.258. The maximum atomic E-state index is 11.5. The van der Waals surface area contributed by atoms with Crippen LogP contribution in [0.4, 0.5) is 0 Å². The van der Waals surface area contributed by atoms with Crippen LogP contribution in [0.15, 0.2) is 54.6 Å². The summed E-state index contributed by atoms with van der Waals surface area (Å²) in [6.07, 6.45) is 0. The number of esters is 1. The van der Waals surface area contributed by atoms with Crippen molar-refractivity contribution < 1.29 is 19.0 Å². The molecule has 2 aromatic carbocycles. The zero-order valence-electron chi connectivity index (χ0n) is 11.9. The average molecular weight is 297 g/mol. The number of para-hydroxylation sites is 1. The van der Waals surface area contributed by atoms with Crippen molar-refractivity contribution in [3.05, 3.63) is 60.2 Å². The van der Waals surface area contributed by atoms with Gasteiger partial charge in [-0.2, -0.15) is 5.26 Å². The Morgan fingerprint density at radius 1 is 0.909 bits per heavy atom. The second-order valence-corrected chi connectivity index (χ2v) is 4.31. The summed E-state index contributed by atoms with van der Waals surface area (Å²) < 4.78 is 15.6. The third kappa shape index (κ3) is 5.17. The Hall–Kier alpha value is -3.00. The van der Waals surface area contributed by atoms with Gasteiger partial charge >= 0.3 is 5.97 Å². The van der Waals surface area contributed by atoms with Crippen molar-refractivity contribution in [3.8, 4) is 17.6 Å². The number of nitrogens with zero attached hydrogens (tertiary/aromatic N) is 1. The molecule has 0 saturated heterocycles. The van der Waals surface area contributed by atoms with E-state index in [0.717, 1.165) is 5.75 Å². The number of benzene rings is 2. The molecule has 0 unspecified atom stereocenters. The molecule has 2 rings (SSSR count). The molecule has 0 N–H and O–H groups in total. The molecule has 0 aliphatic heterocycles. The third-order valence-electron chi connectivity index (χ3n) is 2.70. The Kier molecular flexibility index (Phi) is 5.82. The zero-order chi connectivity index (χ0) is 15.6. The van der Waals surface area contributed by atoms with Crippen molar-refractivity contribution in [2.75, 3.05) is 19.8 Å². The van der Waals surface area contributed by atoms with Crippen LogP contribution < -0.4 is 9.47 Å². The van der Waals surface area contributed by atoms with Crippen LogP contribution in [0.2, 0.25) is 0 Å². The fraction of sp³-hybridized carbons (Fsp3) is 0.176. The lowest BCUT2D eigenvalue weighted by Crippen LogP contribution is -2.18. The minimum atomic E-state index is -0.471. The van der Waals surface area contributed by atoms with Crippen LogP contribution in [0, 0.1) is 11.3 Å². The van der Waals surface area contributed by atoms with Gasteiger partial charge in [-0.3, -0.25) is 0 Å². The Labute approximate surface area is 128 Å². The molecule has 0 aromatic heterocycles. The smallest absolute Gasteiger partial charge is 0.344 e. The zero-order valence-corrected chi connectivity index (χ0v) is 11.9. The van der Waals surface area contributed by atoms with E-state index in [1.807, 2.05) is 36.4 Å². The van der Waals surface area contributed by atoms with E-state index in [0.29, 0.717) is 11.3 Å². The first kappa shape index (κ1) is 15.4. The predicted octanol–water partition coefficient (Wildman–Crippen LogP) is 2.56. The van der Waals surface area contributed by atoms with E-state index in [9.17, 15) is 4.79 Å². The van der Waals surface area contributed by atoms with Gasteiger partial charge < -0.3 is 14.2 Å². The first-order valence-corrected chi connectivity index (χ1v) is 6.74. The summed E-state index contributed by atoms with van der Waals surface area (Å²) in [5, 5.41) is 8.67. The lowest BCUT2D eigenvalue weighted by molar-refractivity contribution is -0.146. The highest BCUT2D eigenvalue weighted by atomic mass is 16.6. The molecule has 0 bridgehead atoms. The van der Waals surface area contributed by atoms with Crippen LogP contribution >= 0.6 is 0 Å². The van der Waals surface area contributed by atoms with Gasteiger partial charge in [0.1, 0.15) is 24.7 Å². The van der Waals surface area contributed by atoms with E-state index >= 15 is 0 Å². The summed E-state index contributed by atoms with van der Waals surface area (Å²) in [5.41, 5.74) is 0.535. The standard InChI is InChI=1S/C17H15NO4/c18-12-14-6-8-16(9-7-14)22-13-17(19)21-11-10-20-15-4-2-1-3-5-15/h1-9H,10-11,13H2. The second kappa shape index (κ2) is 8.32. The van der Waals surface area contributed by atoms with Gasteiger partial charge in [-0.05, 0) is 36.4 Å². The summed E-state index contributed by atoms with van der Waals surface area (Å²) in [4.78, 5) is 11.5. The normalized spacial score (nSPS) is 9.59. The molecule has 0 aliphatic rings. The Morgan fingerprint density at radius 3 is 2.27 bits per heavy atom. The van der Waals surface area contributed by atoms with E-state index in [1.54, 1.807) is 24.3 Å². The molecule has 0 amide bonds. The van der Waals surface area contributed by atoms with Gasteiger partial charge in [0.2, 0.25) is 0 Å². The summed E-state index contributed by atoms with van der Waals surface area (Å²) in [5.74, 6) is 0.768. The van der Waals surface area contributed by atoms with Crippen molar-refractivity contribution >= 4 is 5.97 Å². The lowest BCUT2D eigenvalue weighted by Gasteiger charge is -2.08. The molecule has 0 radical (unpaired) electrons. The SMILES string of the molecule is N#Cc1ccc(OCC(=O)OCCOc2ccccc2)cc1. The van der Waals surface area contributed by atoms with Crippen LogP contribution in [-0.2, 0) is 9.53 Å². The quantitative estimate of drug-likeness (QED) is 0.580. The van der Waals surface area contributed by atoms with E-state index in [1.165, 1.54) is 0 Å². The van der Waals surface area contributed by atoms with Gasteiger partial charge in [0, 0.05) is 0 Å². The average Bonchev–Trinajstić information content (AvgIpc) is 2.58. The number of carbonyl (C=O) groups excluding carboxylic acids is 1. The van der Waals surface area contributed by atoms with Crippen molar-refractivity contribution in [3.63, 3.8) is 0 Å². The van der Waals surface area contributed by atoms with Crippen molar-refractivity contribution in [1.82, 2.24) is 0 Å². The molecular weight excluding hydrogens is 282 g/mol. The minimum Gasteiger partial charge on any atom is -0.490 e. The van der Waals surface area contributed by atoms with Gasteiger partial charge in [-0.25, -0.2) is 4.79 Å². The van der Waals surface area contributed by atoms with Gasteiger partial charge in [0.25, 0.3) is 0 Å². The second-order valence-electron chi connectivity index (χ2n) is 4.31. The Morgan fingerprint density at radius 2 is 1.59 bits per heavy atom. The maximum Gasteiger partial charge on any atom is 0.344 e. The van der Waals surface area contributed by atoms with Crippen molar-refractivity contribution in [2.45, 2.75) is 0 Å². The van der Waals surface area contributed by atoms with E-state index in [2.05, 4.69) is 0 Å². The molecule has 112 valence electrons. The Bertz CT molecular complexity index is 632. The molecule has 5 heteroatoms. The molecule has 0 saturated carbocycles. The fourth-order valence-electron chi connectivity index (χ4n) is 1.64. The number of ether oxygens (including phenoxy) is 3. The molecule has 5 nitrogen and oxygen atoms in total. The fourth-order valence-corrected chi connectivity index (χ4v) is 1.64. The summed E-state index contributed by atoms with van der Waals surface area (Å²) in [7, 11) is 0. The number of nitriles is 1. The monoisotopic (exact) mass is 297 g/mol. The minimum absolute atomic E-state index is 0.157. The summed E-state index contributed by atoms with van der Waals surface area (Å²) >= 11 is 0. The topological polar surface area (TPSA) is 68.5 Å². The molecular formula is C17H15NO4. The molecule has 0 fully saturated rings. The van der Waals surface area contributed by atoms with Crippen LogP contribution in [0.3, 0.4) is 0 Å². The van der Waals surface area contributed by atoms with Gasteiger partial charge in [0.15, 0.2) is 6.61 Å². The number of hydrogen-bond donors (Lipinski definition) is 0. The van der Waals surface area contributed by atoms with Gasteiger partial charge in [-0.1, -0.05) is 18.2 Å². The molecule has 2 aromatic rings.